The van der Waals surface area contributed by atoms with Crippen LogP contribution in [0.1, 0.15) is 29.9 Å². The summed E-state index contributed by atoms with van der Waals surface area (Å²) in [5, 5.41) is 9.06. The van der Waals surface area contributed by atoms with E-state index >= 15 is 0 Å². The number of nitrogens with zero attached hydrogens (tertiary/aromatic N) is 3. The van der Waals surface area contributed by atoms with Crippen molar-refractivity contribution in [1.82, 2.24) is 14.6 Å². The molecule has 5 heteroatoms. The van der Waals surface area contributed by atoms with Crippen molar-refractivity contribution in [3.05, 3.63) is 82.6 Å². The first-order valence-electron chi connectivity index (χ1n) is 8.97. The number of aryl methyl sites for hydroxylation is 2. The predicted octanol–water partition coefficient (Wildman–Crippen LogP) is 5.84. The summed E-state index contributed by atoms with van der Waals surface area (Å²) in [7, 11) is 0. The van der Waals surface area contributed by atoms with Crippen LogP contribution < -0.4 is 5.32 Å². The van der Waals surface area contributed by atoms with E-state index in [1.165, 1.54) is 5.56 Å². The maximum Gasteiger partial charge on any atom is 0.165 e. The Kier molecular flexibility index (Phi) is 4.58. The first-order valence-corrected chi connectivity index (χ1v) is 9.35. The smallest absolute Gasteiger partial charge is 0.165 e. The van der Waals surface area contributed by atoms with Gasteiger partial charge in [-0.25, -0.2) is 4.98 Å². The number of halogens is 1. The fourth-order valence-electron chi connectivity index (χ4n) is 3.35. The molecule has 2 aromatic heterocycles. The van der Waals surface area contributed by atoms with E-state index in [9.17, 15) is 0 Å². The number of anilines is 1. The molecule has 0 aliphatic rings. The van der Waals surface area contributed by atoms with Crippen LogP contribution in [0.15, 0.2) is 60.7 Å². The van der Waals surface area contributed by atoms with Gasteiger partial charge in [-0.3, -0.25) is 0 Å². The van der Waals surface area contributed by atoms with E-state index in [4.69, 9.17) is 21.7 Å². The fourth-order valence-corrected chi connectivity index (χ4v) is 3.47. The van der Waals surface area contributed by atoms with Crippen molar-refractivity contribution < 1.29 is 0 Å². The van der Waals surface area contributed by atoms with Gasteiger partial charge in [-0.05, 0) is 44.0 Å². The lowest BCUT2D eigenvalue weighted by atomic mass is 10.1. The Morgan fingerprint density at radius 3 is 2.41 bits per heavy atom. The van der Waals surface area contributed by atoms with Crippen LogP contribution in [0.3, 0.4) is 0 Å². The zero-order valence-electron chi connectivity index (χ0n) is 15.6. The molecule has 0 radical (unpaired) electrons. The average Bonchev–Trinajstić information content (AvgIpc) is 2.99. The summed E-state index contributed by atoms with van der Waals surface area (Å²) in [5.74, 6) is 0.928. The number of benzene rings is 2. The first-order chi connectivity index (χ1) is 13.0. The molecule has 2 aromatic carbocycles. The summed E-state index contributed by atoms with van der Waals surface area (Å²) in [6.45, 7) is 6.16. The molecular formula is C22H21ClN4. The molecule has 4 aromatic rings. The molecule has 0 aliphatic heterocycles. The number of hydrogen-bond donors (Lipinski definition) is 1. The molecule has 0 fully saturated rings. The van der Waals surface area contributed by atoms with E-state index in [0.29, 0.717) is 0 Å². The van der Waals surface area contributed by atoms with Crippen molar-refractivity contribution in [1.29, 1.82) is 0 Å². The first kappa shape index (κ1) is 17.6. The third-order valence-corrected chi connectivity index (χ3v) is 4.94. The Hall–Kier alpha value is -2.85. The molecule has 4 nitrogen and oxygen atoms in total. The van der Waals surface area contributed by atoms with Crippen LogP contribution in [0.4, 0.5) is 5.82 Å². The highest BCUT2D eigenvalue weighted by Gasteiger charge is 2.17. The van der Waals surface area contributed by atoms with Crippen LogP contribution in [0.25, 0.3) is 16.8 Å². The Morgan fingerprint density at radius 1 is 1.00 bits per heavy atom. The van der Waals surface area contributed by atoms with Crippen LogP contribution in [-0.2, 0) is 0 Å². The summed E-state index contributed by atoms with van der Waals surface area (Å²) in [6.07, 6.45) is 0. The molecule has 0 bridgehead atoms. The summed E-state index contributed by atoms with van der Waals surface area (Å²) >= 11 is 6.05. The molecule has 0 spiro atoms. The van der Waals surface area contributed by atoms with Gasteiger partial charge in [-0.15, -0.1) is 0 Å². The second-order valence-electron chi connectivity index (χ2n) is 6.76. The van der Waals surface area contributed by atoms with E-state index < -0.39 is 0 Å². The van der Waals surface area contributed by atoms with Crippen LogP contribution in [0.5, 0.6) is 0 Å². The molecule has 0 unspecified atom stereocenters. The zero-order chi connectivity index (χ0) is 19.0. The molecular weight excluding hydrogens is 356 g/mol. The van der Waals surface area contributed by atoms with Crippen LogP contribution in [-0.4, -0.2) is 14.6 Å². The van der Waals surface area contributed by atoms with Crippen LogP contribution >= 0.6 is 11.6 Å². The van der Waals surface area contributed by atoms with E-state index in [0.717, 1.165) is 39.0 Å². The zero-order valence-corrected chi connectivity index (χ0v) is 16.3. The van der Waals surface area contributed by atoms with Gasteiger partial charge in [0.15, 0.2) is 5.65 Å². The predicted molar refractivity (Wildman–Crippen MR) is 111 cm³/mol. The molecule has 136 valence electrons. The van der Waals surface area contributed by atoms with Gasteiger partial charge >= 0.3 is 0 Å². The SMILES string of the molecule is Cc1cc(N[C@@H](C)c2ccccc2)n2nc(C)c(-c3ccc(Cl)cc3)c2n1. The van der Waals surface area contributed by atoms with Gasteiger partial charge < -0.3 is 5.32 Å². The Bertz CT molecular complexity index is 1080. The minimum atomic E-state index is 0.152. The van der Waals surface area contributed by atoms with Gasteiger partial charge in [-0.2, -0.15) is 9.61 Å². The van der Waals surface area contributed by atoms with Crippen molar-refractivity contribution >= 4 is 23.1 Å². The largest absolute Gasteiger partial charge is 0.363 e. The molecule has 2 heterocycles. The van der Waals surface area contributed by atoms with E-state index in [1.54, 1.807) is 0 Å². The molecule has 0 aliphatic carbocycles. The van der Waals surface area contributed by atoms with Gasteiger partial charge in [-0.1, -0.05) is 54.1 Å². The molecule has 4 rings (SSSR count). The minimum absolute atomic E-state index is 0.152. The normalized spacial score (nSPS) is 12.3. The summed E-state index contributed by atoms with van der Waals surface area (Å²) in [5.41, 5.74) is 6.04. The summed E-state index contributed by atoms with van der Waals surface area (Å²) in [6, 6.07) is 20.4. The van der Waals surface area contributed by atoms with Crippen LogP contribution in [0, 0.1) is 13.8 Å². The van der Waals surface area contributed by atoms with Gasteiger partial charge in [0, 0.05) is 28.4 Å². The van der Waals surface area contributed by atoms with Gasteiger partial charge in [0.2, 0.25) is 0 Å². The lowest BCUT2D eigenvalue weighted by Gasteiger charge is -2.17. The topological polar surface area (TPSA) is 42.2 Å². The Morgan fingerprint density at radius 2 is 1.70 bits per heavy atom. The highest BCUT2D eigenvalue weighted by molar-refractivity contribution is 6.30. The third kappa shape index (κ3) is 3.40. The highest BCUT2D eigenvalue weighted by Crippen LogP contribution is 2.31. The summed E-state index contributed by atoms with van der Waals surface area (Å²) in [4.78, 5) is 4.76. The molecule has 0 saturated carbocycles. The molecule has 1 atom stereocenters. The average molecular weight is 377 g/mol. The van der Waals surface area contributed by atoms with E-state index in [2.05, 4.69) is 36.5 Å². The number of aromatic nitrogens is 3. The Labute approximate surface area is 163 Å². The van der Waals surface area contributed by atoms with E-state index in [-0.39, 0.29) is 6.04 Å². The molecule has 0 saturated heterocycles. The standard InChI is InChI=1S/C22H21ClN4/c1-14-13-20(25-15(2)17-7-5-4-6-8-17)27-22(24-14)21(16(3)26-27)18-9-11-19(23)12-10-18/h4-13,15,25H,1-3H3/t15-/m0/s1. The number of rotatable bonds is 4. The molecule has 27 heavy (non-hydrogen) atoms. The van der Waals surface area contributed by atoms with Crippen molar-refractivity contribution in [2.24, 2.45) is 0 Å². The highest BCUT2D eigenvalue weighted by atomic mass is 35.5. The van der Waals surface area contributed by atoms with Gasteiger partial charge in [0.05, 0.1) is 5.69 Å². The lowest BCUT2D eigenvalue weighted by Crippen LogP contribution is -2.11. The molecule has 1 N–H and O–H groups in total. The Balaban J connectivity index is 1.81. The number of fused-ring (bicyclic) bond motifs is 1. The van der Waals surface area contributed by atoms with Gasteiger partial charge in [0.1, 0.15) is 5.82 Å². The second kappa shape index (κ2) is 7.05. The maximum atomic E-state index is 6.05. The van der Waals surface area contributed by atoms with Crippen molar-refractivity contribution in [3.63, 3.8) is 0 Å². The van der Waals surface area contributed by atoms with E-state index in [1.807, 2.05) is 54.8 Å². The number of nitrogens with one attached hydrogen (secondary N) is 1. The van der Waals surface area contributed by atoms with Crippen LogP contribution in [0.2, 0.25) is 5.02 Å². The minimum Gasteiger partial charge on any atom is -0.363 e. The van der Waals surface area contributed by atoms with Gasteiger partial charge in [0.25, 0.3) is 0 Å². The monoisotopic (exact) mass is 376 g/mol. The quantitative estimate of drug-likeness (QED) is 0.486. The third-order valence-electron chi connectivity index (χ3n) is 4.69. The van der Waals surface area contributed by atoms with Crippen molar-refractivity contribution in [2.75, 3.05) is 5.32 Å². The molecule has 0 amide bonds. The van der Waals surface area contributed by atoms with Crippen molar-refractivity contribution in [3.8, 4) is 11.1 Å². The second-order valence-corrected chi connectivity index (χ2v) is 7.20. The van der Waals surface area contributed by atoms with Crippen molar-refractivity contribution in [2.45, 2.75) is 26.8 Å². The fraction of sp³-hybridized carbons (Fsp3) is 0.182. The lowest BCUT2D eigenvalue weighted by molar-refractivity contribution is 0.833. The maximum absolute atomic E-state index is 6.05. The summed E-state index contributed by atoms with van der Waals surface area (Å²) < 4.78 is 1.89. The number of hydrogen-bond acceptors (Lipinski definition) is 3.